The van der Waals surface area contributed by atoms with E-state index in [9.17, 15) is 4.79 Å². The van der Waals surface area contributed by atoms with Crippen LogP contribution in [-0.2, 0) is 9.53 Å². The fourth-order valence-electron chi connectivity index (χ4n) is 1.94. The van der Waals surface area contributed by atoms with Crippen LogP contribution in [0.2, 0.25) is 0 Å². The van der Waals surface area contributed by atoms with Gasteiger partial charge in [0.05, 0.1) is 24.8 Å². The summed E-state index contributed by atoms with van der Waals surface area (Å²) in [5.41, 5.74) is 7.26. The van der Waals surface area contributed by atoms with Gasteiger partial charge in [0.2, 0.25) is 5.91 Å². The number of hydrogen-bond donors (Lipinski definition) is 2. The van der Waals surface area contributed by atoms with Crippen molar-refractivity contribution in [3.8, 4) is 11.3 Å². The SMILES string of the molecule is COCCNC(=O)C(C)n1cncc1-c1ccc(N)nc1. The summed E-state index contributed by atoms with van der Waals surface area (Å²) >= 11 is 0. The predicted molar refractivity (Wildman–Crippen MR) is 79.5 cm³/mol. The number of nitrogen functional groups attached to an aromatic ring is 1. The van der Waals surface area contributed by atoms with Gasteiger partial charge in [-0.05, 0) is 19.1 Å². The number of carbonyl (C=O) groups is 1. The van der Waals surface area contributed by atoms with Crippen LogP contribution in [0.4, 0.5) is 5.82 Å². The number of anilines is 1. The van der Waals surface area contributed by atoms with Crippen LogP contribution in [0.1, 0.15) is 13.0 Å². The zero-order valence-corrected chi connectivity index (χ0v) is 12.1. The van der Waals surface area contributed by atoms with Crippen molar-refractivity contribution in [2.45, 2.75) is 13.0 Å². The fraction of sp³-hybridized carbons (Fsp3) is 0.357. The lowest BCUT2D eigenvalue weighted by molar-refractivity contribution is -0.124. The molecule has 0 aliphatic rings. The lowest BCUT2D eigenvalue weighted by Gasteiger charge is -2.16. The number of ether oxygens (including phenoxy) is 1. The molecule has 0 aromatic carbocycles. The molecular weight excluding hydrogens is 270 g/mol. The Morgan fingerprint density at radius 1 is 1.48 bits per heavy atom. The predicted octanol–water partition coefficient (Wildman–Crippen LogP) is 0.851. The molecule has 1 unspecified atom stereocenters. The van der Waals surface area contributed by atoms with Gasteiger partial charge in [-0.3, -0.25) is 4.79 Å². The van der Waals surface area contributed by atoms with E-state index in [4.69, 9.17) is 10.5 Å². The average Bonchev–Trinajstić information content (AvgIpc) is 2.96. The van der Waals surface area contributed by atoms with Crippen molar-refractivity contribution in [3.63, 3.8) is 0 Å². The molecule has 1 atom stereocenters. The number of methoxy groups -OCH3 is 1. The van der Waals surface area contributed by atoms with Gasteiger partial charge in [-0.1, -0.05) is 0 Å². The first-order chi connectivity index (χ1) is 10.1. The van der Waals surface area contributed by atoms with E-state index in [1.54, 1.807) is 36.5 Å². The third-order valence-electron chi connectivity index (χ3n) is 3.15. The Kier molecular flexibility index (Phi) is 4.89. The number of hydrogen-bond acceptors (Lipinski definition) is 5. The highest BCUT2D eigenvalue weighted by molar-refractivity contribution is 5.80. The van der Waals surface area contributed by atoms with E-state index in [0.29, 0.717) is 19.0 Å². The maximum absolute atomic E-state index is 12.1. The van der Waals surface area contributed by atoms with E-state index in [-0.39, 0.29) is 11.9 Å². The van der Waals surface area contributed by atoms with Gasteiger partial charge in [0.1, 0.15) is 11.9 Å². The molecule has 2 rings (SSSR count). The first kappa shape index (κ1) is 15.0. The summed E-state index contributed by atoms with van der Waals surface area (Å²) in [5.74, 6) is 0.366. The Morgan fingerprint density at radius 3 is 2.95 bits per heavy atom. The molecule has 3 N–H and O–H groups in total. The van der Waals surface area contributed by atoms with Gasteiger partial charge in [-0.25, -0.2) is 9.97 Å². The molecule has 0 fully saturated rings. The van der Waals surface area contributed by atoms with Crippen molar-refractivity contribution >= 4 is 11.7 Å². The molecule has 0 spiro atoms. The molecule has 0 saturated carbocycles. The van der Waals surface area contributed by atoms with Gasteiger partial charge in [-0.15, -0.1) is 0 Å². The highest BCUT2D eigenvalue weighted by Gasteiger charge is 2.18. The summed E-state index contributed by atoms with van der Waals surface area (Å²) in [7, 11) is 1.59. The number of nitrogens with zero attached hydrogens (tertiary/aromatic N) is 3. The van der Waals surface area contributed by atoms with Crippen LogP contribution in [-0.4, -0.2) is 40.7 Å². The molecule has 0 bridgehead atoms. The molecule has 0 radical (unpaired) electrons. The van der Waals surface area contributed by atoms with E-state index in [1.165, 1.54) is 0 Å². The third kappa shape index (κ3) is 3.57. The largest absolute Gasteiger partial charge is 0.384 e. The minimum absolute atomic E-state index is 0.0882. The van der Waals surface area contributed by atoms with Crippen LogP contribution in [0.25, 0.3) is 11.3 Å². The van der Waals surface area contributed by atoms with Crippen LogP contribution in [0, 0.1) is 0 Å². The first-order valence-corrected chi connectivity index (χ1v) is 6.64. The van der Waals surface area contributed by atoms with Crippen molar-refractivity contribution < 1.29 is 9.53 Å². The van der Waals surface area contributed by atoms with Gasteiger partial charge in [0, 0.05) is 25.4 Å². The quantitative estimate of drug-likeness (QED) is 0.769. The second kappa shape index (κ2) is 6.85. The van der Waals surface area contributed by atoms with E-state index < -0.39 is 0 Å². The number of carbonyl (C=O) groups excluding carboxylic acids is 1. The number of amides is 1. The Hall–Kier alpha value is -2.41. The zero-order valence-electron chi connectivity index (χ0n) is 12.1. The molecule has 2 aromatic heterocycles. The van der Waals surface area contributed by atoms with Crippen molar-refractivity contribution in [2.75, 3.05) is 26.0 Å². The smallest absolute Gasteiger partial charge is 0.242 e. The van der Waals surface area contributed by atoms with E-state index in [2.05, 4.69) is 15.3 Å². The fourth-order valence-corrected chi connectivity index (χ4v) is 1.94. The van der Waals surface area contributed by atoms with Gasteiger partial charge < -0.3 is 20.4 Å². The lowest BCUT2D eigenvalue weighted by atomic mass is 10.2. The Labute approximate surface area is 123 Å². The standard InChI is InChI=1S/C14H19N5O2/c1-10(14(20)17-5-6-21-2)19-9-16-8-12(19)11-3-4-13(15)18-7-11/h3-4,7-10H,5-6H2,1-2H3,(H2,15,18)(H,17,20). The zero-order chi connectivity index (χ0) is 15.2. The maximum atomic E-state index is 12.1. The Balaban J connectivity index is 2.15. The maximum Gasteiger partial charge on any atom is 0.242 e. The Bertz CT molecular complexity index is 594. The van der Waals surface area contributed by atoms with Crippen LogP contribution >= 0.6 is 0 Å². The topological polar surface area (TPSA) is 95.1 Å². The summed E-state index contributed by atoms with van der Waals surface area (Å²) in [6.07, 6.45) is 5.00. The lowest BCUT2D eigenvalue weighted by Crippen LogP contribution is -2.33. The number of rotatable bonds is 6. The van der Waals surface area contributed by atoms with Gasteiger partial charge in [-0.2, -0.15) is 0 Å². The second-order valence-electron chi connectivity index (χ2n) is 4.62. The summed E-state index contributed by atoms with van der Waals surface area (Å²) in [5, 5.41) is 2.81. The van der Waals surface area contributed by atoms with Gasteiger partial charge >= 0.3 is 0 Å². The first-order valence-electron chi connectivity index (χ1n) is 6.64. The van der Waals surface area contributed by atoms with E-state index in [1.807, 2.05) is 13.0 Å². The number of nitrogens with two attached hydrogens (primary N) is 1. The molecule has 2 heterocycles. The normalized spacial score (nSPS) is 12.1. The average molecular weight is 289 g/mol. The number of imidazole rings is 1. The molecule has 1 amide bonds. The Morgan fingerprint density at radius 2 is 2.29 bits per heavy atom. The van der Waals surface area contributed by atoms with Crippen LogP contribution < -0.4 is 11.1 Å². The molecular formula is C14H19N5O2. The number of pyridine rings is 1. The van der Waals surface area contributed by atoms with Gasteiger partial charge in [0.25, 0.3) is 0 Å². The van der Waals surface area contributed by atoms with Crippen molar-refractivity contribution in [1.29, 1.82) is 0 Å². The molecule has 21 heavy (non-hydrogen) atoms. The molecule has 0 aliphatic carbocycles. The molecule has 0 saturated heterocycles. The number of nitrogens with one attached hydrogen (secondary N) is 1. The van der Waals surface area contributed by atoms with Crippen molar-refractivity contribution in [1.82, 2.24) is 19.9 Å². The van der Waals surface area contributed by atoms with Crippen LogP contribution in [0.3, 0.4) is 0 Å². The van der Waals surface area contributed by atoms with E-state index in [0.717, 1.165) is 11.3 Å². The monoisotopic (exact) mass is 289 g/mol. The summed E-state index contributed by atoms with van der Waals surface area (Å²) in [6, 6.07) is 3.19. The van der Waals surface area contributed by atoms with Crippen LogP contribution in [0.5, 0.6) is 0 Å². The molecule has 2 aromatic rings. The van der Waals surface area contributed by atoms with Crippen molar-refractivity contribution in [2.24, 2.45) is 0 Å². The highest BCUT2D eigenvalue weighted by atomic mass is 16.5. The summed E-state index contributed by atoms with van der Waals surface area (Å²) < 4.78 is 6.71. The minimum atomic E-state index is -0.378. The summed E-state index contributed by atoms with van der Waals surface area (Å²) in [4.78, 5) is 20.3. The summed E-state index contributed by atoms with van der Waals surface area (Å²) in [6.45, 7) is 2.78. The highest BCUT2D eigenvalue weighted by Crippen LogP contribution is 2.22. The molecule has 7 nitrogen and oxygen atoms in total. The second-order valence-corrected chi connectivity index (χ2v) is 4.62. The van der Waals surface area contributed by atoms with E-state index >= 15 is 0 Å². The molecule has 112 valence electrons. The van der Waals surface area contributed by atoms with Crippen LogP contribution in [0.15, 0.2) is 30.9 Å². The molecule has 7 heteroatoms. The molecule has 0 aliphatic heterocycles. The van der Waals surface area contributed by atoms with Gasteiger partial charge in [0.15, 0.2) is 0 Å². The number of aromatic nitrogens is 3. The third-order valence-corrected chi connectivity index (χ3v) is 3.15. The van der Waals surface area contributed by atoms with Crippen molar-refractivity contribution in [3.05, 3.63) is 30.9 Å². The minimum Gasteiger partial charge on any atom is -0.384 e.